The number of halogens is 2. The number of carbonyl (C=O) groups is 1. The van der Waals surface area contributed by atoms with Gasteiger partial charge in [0.2, 0.25) is 0 Å². The fourth-order valence-corrected chi connectivity index (χ4v) is 2.41. The molecule has 3 aromatic rings. The minimum atomic E-state index is -0.287. The molecule has 1 N–H and O–H groups in total. The van der Waals surface area contributed by atoms with Gasteiger partial charge in [0.05, 0.1) is 10.7 Å². The van der Waals surface area contributed by atoms with Gasteiger partial charge >= 0.3 is 0 Å². The molecule has 0 spiro atoms. The second-order valence-electron chi connectivity index (χ2n) is 4.44. The molecule has 0 radical (unpaired) electrons. The van der Waals surface area contributed by atoms with Crippen LogP contribution < -0.4 is 5.32 Å². The molecule has 0 aliphatic carbocycles. The average Bonchev–Trinajstić information content (AvgIpc) is 2.74. The molecule has 5 nitrogen and oxygen atoms in total. The number of anilines is 1. The molecule has 7 heteroatoms. The van der Waals surface area contributed by atoms with E-state index in [0.717, 1.165) is 0 Å². The lowest BCUT2D eigenvalue weighted by Gasteiger charge is -2.06. The SMILES string of the molecule is Cc1nc2ccc(Cl)cn2c1C(=O)Nc1ccnc(Cl)c1. The molecular formula is C14H10Cl2N4O. The Kier molecular flexibility index (Phi) is 3.53. The van der Waals surface area contributed by atoms with Crippen molar-refractivity contribution in [1.29, 1.82) is 0 Å². The highest BCUT2D eigenvalue weighted by molar-refractivity contribution is 6.30. The minimum Gasteiger partial charge on any atom is -0.320 e. The van der Waals surface area contributed by atoms with E-state index < -0.39 is 0 Å². The number of fused-ring (bicyclic) bond motifs is 1. The van der Waals surface area contributed by atoms with E-state index in [9.17, 15) is 4.79 Å². The molecule has 3 aromatic heterocycles. The number of nitrogens with zero attached hydrogens (tertiary/aromatic N) is 3. The highest BCUT2D eigenvalue weighted by Gasteiger charge is 2.17. The Bertz CT molecular complexity index is 844. The van der Waals surface area contributed by atoms with E-state index in [1.807, 2.05) is 0 Å². The third kappa shape index (κ3) is 2.70. The third-order valence-electron chi connectivity index (χ3n) is 2.96. The molecule has 0 fully saturated rings. The molecule has 0 atom stereocenters. The van der Waals surface area contributed by atoms with Crippen molar-refractivity contribution >= 4 is 40.4 Å². The molecule has 106 valence electrons. The third-order valence-corrected chi connectivity index (χ3v) is 3.39. The first-order chi connectivity index (χ1) is 10.0. The first-order valence-corrected chi connectivity index (χ1v) is 6.87. The molecule has 0 bridgehead atoms. The molecule has 0 saturated heterocycles. The van der Waals surface area contributed by atoms with Crippen LogP contribution in [0.4, 0.5) is 5.69 Å². The number of nitrogens with one attached hydrogen (secondary N) is 1. The van der Waals surface area contributed by atoms with Crippen LogP contribution in [0.25, 0.3) is 5.65 Å². The van der Waals surface area contributed by atoms with E-state index in [1.165, 1.54) is 6.20 Å². The van der Waals surface area contributed by atoms with Gasteiger partial charge in [0.15, 0.2) is 0 Å². The number of aryl methyl sites for hydroxylation is 1. The van der Waals surface area contributed by atoms with Crippen molar-refractivity contribution < 1.29 is 4.79 Å². The molecule has 3 heterocycles. The molecule has 0 aliphatic rings. The zero-order valence-corrected chi connectivity index (χ0v) is 12.5. The summed E-state index contributed by atoms with van der Waals surface area (Å²) in [5.41, 5.74) is 2.28. The van der Waals surface area contributed by atoms with Crippen LogP contribution in [0.15, 0.2) is 36.7 Å². The Balaban J connectivity index is 2.01. The predicted molar refractivity (Wildman–Crippen MR) is 82.1 cm³/mol. The van der Waals surface area contributed by atoms with E-state index in [4.69, 9.17) is 23.2 Å². The molecule has 0 aromatic carbocycles. The zero-order valence-electron chi connectivity index (χ0n) is 11.0. The minimum absolute atomic E-state index is 0.287. The van der Waals surface area contributed by atoms with Crippen molar-refractivity contribution in [2.75, 3.05) is 5.32 Å². The highest BCUT2D eigenvalue weighted by Crippen LogP contribution is 2.18. The smallest absolute Gasteiger partial charge is 0.274 e. The monoisotopic (exact) mass is 320 g/mol. The number of carbonyl (C=O) groups excluding carboxylic acids is 1. The summed E-state index contributed by atoms with van der Waals surface area (Å²) in [7, 11) is 0. The molecular weight excluding hydrogens is 311 g/mol. The van der Waals surface area contributed by atoms with Gasteiger partial charge < -0.3 is 5.32 Å². The number of hydrogen-bond donors (Lipinski definition) is 1. The van der Waals surface area contributed by atoms with Gasteiger partial charge in [-0.1, -0.05) is 23.2 Å². The number of amides is 1. The topological polar surface area (TPSA) is 59.3 Å². The summed E-state index contributed by atoms with van der Waals surface area (Å²) in [4.78, 5) is 20.7. The number of rotatable bonds is 2. The predicted octanol–water partition coefficient (Wildman–Crippen LogP) is 3.60. The Hall–Kier alpha value is -2.11. The Morgan fingerprint density at radius 3 is 2.86 bits per heavy atom. The van der Waals surface area contributed by atoms with Gasteiger partial charge in [-0.2, -0.15) is 0 Å². The summed E-state index contributed by atoms with van der Waals surface area (Å²) < 4.78 is 1.66. The number of hydrogen-bond acceptors (Lipinski definition) is 3. The standard InChI is InChI=1S/C14H10Cl2N4O/c1-8-13(20-7-9(15)2-3-12(20)18-8)14(21)19-10-4-5-17-11(16)6-10/h2-7H,1H3,(H,17,19,21). The fraction of sp³-hybridized carbons (Fsp3) is 0.0714. The first-order valence-electron chi connectivity index (χ1n) is 6.12. The van der Waals surface area contributed by atoms with Crippen molar-refractivity contribution in [3.63, 3.8) is 0 Å². The van der Waals surface area contributed by atoms with Crippen LogP contribution in [0.3, 0.4) is 0 Å². The summed E-state index contributed by atoms with van der Waals surface area (Å²) in [6, 6.07) is 6.73. The number of aromatic nitrogens is 3. The first kappa shape index (κ1) is 13.9. The van der Waals surface area contributed by atoms with Crippen molar-refractivity contribution in [3.8, 4) is 0 Å². The van der Waals surface area contributed by atoms with E-state index >= 15 is 0 Å². The Morgan fingerprint density at radius 1 is 1.29 bits per heavy atom. The summed E-state index contributed by atoms with van der Waals surface area (Å²) in [6.07, 6.45) is 3.18. The summed E-state index contributed by atoms with van der Waals surface area (Å²) in [6.45, 7) is 1.77. The molecule has 0 unspecified atom stereocenters. The quantitative estimate of drug-likeness (QED) is 0.734. The van der Waals surface area contributed by atoms with Gasteiger partial charge in [-0.05, 0) is 31.2 Å². The highest BCUT2D eigenvalue weighted by atomic mass is 35.5. The number of imidazole rings is 1. The normalized spacial score (nSPS) is 10.8. The lowest BCUT2D eigenvalue weighted by molar-refractivity contribution is 0.102. The van der Waals surface area contributed by atoms with Gasteiger partial charge in [-0.15, -0.1) is 0 Å². The Labute approximate surface area is 130 Å². The number of pyridine rings is 2. The van der Waals surface area contributed by atoms with Gasteiger partial charge in [-0.25, -0.2) is 9.97 Å². The second kappa shape index (κ2) is 5.35. The van der Waals surface area contributed by atoms with Gasteiger partial charge in [0.1, 0.15) is 16.5 Å². The van der Waals surface area contributed by atoms with Crippen LogP contribution in [0.1, 0.15) is 16.2 Å². The van der Waals surface area contributed by atoms with Crippen LogP contribution in [-0.2, 0) is 0 Å². The van der Waals surface area contributed by atoms with Gasteiger partial charge in [0, 0.05) is 18.1 Å². The lowest BCUT2D eigenvalue weighted by atomic mass is 10.3. The fourth-order valence-electron chi connectivity index (χ4n) is 2.08. The van der Waals surface area contributed by atoms with E-state index in [-0.39, 0.29) is 5.91 Å². The van der Waals surface area contributed by atoms with Crippen molar-refractivity contribution in [1.82, 2.24) is 14.4 Å². The van der Waals surface area contributed by atoms with E-state index in [0.29, 0.717) is 32.9 Å². The van der Waals surface area contributed by atoms with Crippen molar-refractivity contribution in [2.24, 2.45) is 0 Å². The van der Waals surface area contributed by atoms with Gasteiger partial charge in [-0.3, -0.25) is 9.20 Å². The average molecular weight is 321 g/mol. The summed E-state index contributed by atoms with van der Waals surface area (Å²) in [5, 5.41) is 3.61. The van der Waals surface area contributed by atoms with Gasteiger partial charge in [0.25, 0.3) is 5.91 Å². The van der Waals surface area contributed by atoms with E-state index in [2.05, 4.69) is 15.3 Å². The largest absolute Gasteiger partial charge is 0.320 e. The van der Waals surface area contributed by atoms with Crippen LogP contribution in [-0.4, -0.2) is 20.3 Å². The maximum Gasteiger partial charge on any atom is 0.274 e. The Morgan fingerprint density at radius 2 is 2.10 bits per heavy atom. The van der Waals surface area contributed by atoms with Crippen molar-refractivity contribution in [2.45, 2.75) is 6.92 Å². The molecule has 3 rings (SSSR count). The van der Waals surface area contributed by atoms with Crippen LogP contribution in [0.2, 0.25) is 10.2 Å². The van der Waals surface area contributed by atoms with Crippen molar-refractivity contribution in [3.05, 3.63) is 58.2 Å². The summed E-state index contributed by atoms with van der Waals surface area (Å²) in [5.74, 6) is -0.287. The van der Waals surface area contributed by atoms with Crippen LogP contribution >= 0.6 is 23.2 Å². The zero-order chi connectivity index (χ0) is 15.0. The van der Waals surface area contributed by atoms with Crippen LogP contribution in [0.5, 0.6) is 0 Å². The summed E-state index contributed by atoms with van der Waals surface area (Å²) >= 11 is 11.8. The molecule has 21 heavy (non-hydrogen) atoms. The van der Waals surface area contributed by atoms with E-state index in [1.54, 1.807) is 41.8 Å². The maximum atomic E-state index is 12.5. The second-order valence-corrected chi connectivity index (χ2v) is 5.27. The molecule has 0 saturated carbocycles. The molecule has 1 amide bonds. The maximum absolute atomic E-state index is 12.5. The lowest BCUT2D eigenvalue weighted by Crippen LogP contribution is -2.15. The van der Waals surface area contributed by atoms with Crippen LogP contribution in [0, 0.1) is 6.92 Å². The molecule has 0 aliphatic heterocycles.